The molecule has 0 saturated carbocycles. The minimum atomic E-state index is -1.07. The molecule has 0 fully saturated rings. The number of carboxylic acids is 1. The number of carbonyl (C=O) groups is 2. The normalized spacial score (nSPS) is 13.5. The van der Waals surface area contributed by atoms with Crippen LogP contribution >= 0.6 is 0 Å². The first-order valence-corrected chi connectivity index (χ1v) is 11.8. The second-order valence-electron chi connectivity index (χ2n) is 8.24. The predicted molar refractivity (Wildman–Crippen MR) is 137 cm³/mol. The van der Waals surface area contributed by atoms with Gasteiger partial charge in [0.05, 0.1) is 7.11 Å². The van der Waals surface area contributed by atoms with Crippen LogP contribution in [0.15, 0.2) is 78.9 Å². The van der Waals surface area contributed by atoms with Crippen molar-refractivity contribution in [3.63, 3.8) is 0 Å². The zero-order valence-corrected chi connectivity index (χ0v) is 20.5. The lowest BCUT2D eigenvalue weighted by molar-refractivity contribution is -0.131. The van der Waals surface area contributed by atoms with Gasteiger partial charge in [-0.3, -0.25) is 5.32 Å². The number of aliphatic carboxylic acids is 1. The molecule has 3 aromatic rings. The van der Waals surface area contributed by atoms with Crippen LogP contribution in [0.4, 0.5) is 10.5 Å². The molecule has 0 radical (unpaired) electrons. The molecule has 38 heavy (non-hydrogen) atoms. The molecule has 10 heteroatoms. The largest absolute Gasteiger partial charge is 0.504 e. The van der Waals surface area contributed by atoms with E-state index in [1.165, 1.54) is 19.3 Å². The van der Waals surface area contributed by atoms with E-state index >= 15 is 0 Å². The summed E-state index contributed by atoms with van der Waals surface area (Å²) in [5.74, 6) is 0.640. The Hall–Kier alpha value is -4.86. The summed E-state index contributed by atoms with van der Waals surface area (Å²) in [6.45, 7) is 0.0983. The molecule has 2 atom stereocenters. The second kappa shape index (κ2) is 12.4. The van der Waals surface area contributed by atoms with Crippen molar-refractivity contribution in [3.8, 4) is 28.7 Å². The van der Waals surface area contributed by atoms with Crippen LogP contribution in [0.2, 0.25) is 0 Å². The summed E-state index contributed by atoms with van der Waals surface area (Å²) in [6, 6.07) is 18.6. The van der Waals surface area contributed by atoms with Crippen molar-refractivity contribution in [1.82, 2.24) is 0 Å². The highest BCUT2D eigenvalue weighted by Gasteiger charge is 2.30. The maximum atomic E-state index is 13.0. The fraction of sp³-hybridized carbons (Fsp3) is 0.214. The number of nitrogens with one attached hydrogen (secondary N) is 1. The minimum absolute atomic E-state index is 0.0983. The van der Waals surface area contributed by atoms with E-state index in [0.717, 1.165) is 6.08 Å². The molecule has 10 nitrogen and oxygen atoms in total. The molecule has 1 aliphatic rings. The van der Waals surface area contributed by atoms with Crippen molar-refractivity contribution in [2.75, 3.05) is 19.2 Å². The van der Waals surface area contributed by atoms with Gasteiger partial charge in [0.15, 0.2) is 29.1 Å². The van der Waals surface area contributed by atoms with Gasteiger partial charge < -0.3 is 33.9 Å². The third-order valence-corrected chi connectivity index (χ3v) is 5.63. The van der Waals surface area contributed by atoms with Gasteiger partial charge in [0, 0.05) is 23.4 Å². The van der Waals surface area contributed by atoms with Gasteiger partial charge in [-0.25, -0.2) is 9.59 Å². The van der Waals surface area contributed by atoms with Gasteiger partial charge in [-0.2, -0.15) is 0 Å². The monoisotopic (exact) mass is 521 g/mol. The van der Waals surface area contributed by atoms with Gasteiger partial charge in [-0.15, -0.1) is 0 Å². The molecule has 198 valence electrons. The number of rotatable bonds is 11. The molecule has 0 bridgehead atoms. The Morgan fingerprint density at radius 3 is 2.58 bits per heavy atom. The summed E-state index contributed by atoms with van der Waals surface area (Å²) in [5.41, 5.74) is 0.882. The van der Waals surface area contributed by atoms with Crippen molar-refractivity contribution in [3.05, 3.63) is 84.4 Å². The number of benzene rings is 3. The number of methoxy groups -OCH3 is 1. The summed E-state index contributed by atoms with van der Waals surface area (Å²) in [5, 5.41) is 22.0. The van der Waals surface area contributed by atoms with Crippen LogP contribution in [0.3, 0.4) is 0 Å². The van der Waals surface area contributed by atoms with Gasteiger partial charge in [-0.1, -0.05) is 30.3 Å². The first-order valence-electron chi connectivity index (χ1n) is 11.8. The zero-order valence-electron chi connectivity index (χ0n) is 20.5. The molecule has 3 N–H and O–H groups in total. The van der Waals surface area contributed by atoms with Crippen LogP contribution in [0.25, 0.3) is 0 Å². The number of hydrogen-bond acceptors (Lipinski definition) is 8. The lowest BCUT2D eigenvalue weighted by Gasteiger charge is -2.28. The number of hydrogen-bond donors (Lipinski definition) is 3. The van der Waals surface area contributed by atoms with E-state index in [-0.39, 0.29) is 18.3 Å². The molecule has 0 aliphatic carbocycles. The molecule has 1 aliphatic heterocycles. The summed E-state index contributed by atoms with van der Waals surface area (Å²) < 4.78 is 27.9. The topological polar surface area (TPSA) is 133 Å². The number of phenolic OH excluding ortho intramolecular Hbond substituents is 1. The molecule has 1 heterocycles. The summed E-state index contributed by atoms with van der Waals surface area (Å²) >= 11 is 0. The highest BCUT2D eigenvalue weighted by Crippen LogP contribution is 2.36. The van der Waals surface area contributed by atoms with E-state index < -0.39 is 24.3 Å². The summed E-state index contributed by atoms with van der Waals surface area (Å²) in [4.78, 5) is 24.0. The molecular weight excluding hydrogens is 494 g/mol. The lowest BCUT2D eigenvalue weighted by atomic mass is 9.99. The van der Waals surface area contributed by atoms with Gasteiger partial charge in [0.1, 0.15) is 11.9 Å². The highest BCUT2D eigenvalue weighted by molar-refractivity contribution is 5.85. The number of carboxylic acid groups (broad SMARTS) is 1. The Morgan fingerprint density at radius 1 is 1.05 bits per heavy atom. The minimum Gasteiger partial charge on any atom is -0.504 e. The Balaban J connectivity index is 1.61. The Kier molecular flexibility index (Phi) is 8.55. The SMILES string of the molecule is COc1ccc([C@@H](OC(=O)Nc2ccc3c(c2)OCO3)[C@@H](CC/C=C/C(=O)O)Oc2ccccc2)cc1O. The van der Waals surface area contributed by atoms with Gasteiger partial charge in [-0.05, 0) is 49.2 Å². The number of para-hydroxylation sites is 1. The molecule has 0 unspecified atom stereocenters. The number of allylic oxidation sites excluding steroid dienone is 1. The van der Waals surface area contributed by atoms with Crippen molar-refractivity contribution >= 4 is 17.7 Å². The summed E-state index contributed by atoms with van der Waals surface area (Å²) in [6.07, 6.45) is 0.667. The number of phenols is 1. The van der Waals surface area contributed by atoms with E-state index in [9.17, 15) is 14.7 Å². The third kappa shape index (κ3) is 6.88. The number of carbonyl (C=O) groups excluding carboxylic acids is 1. The Bertz CT molecular complexity index is 1290. The molecule has 4 rings (SSSR count). The van der Waals surface area contributed by atoms with Crippen LogP contribution in [0, 0.1) is 0 Å². The van der Waals surface area contributed by atoms with Crippen LogP contribution in [0.1, 0.15) is 24.5 Å². The number of aromatic hydroxyl groups is 1. The molecule has 0 saturated heterocycles. The molecule has 1 amide bonds. The van der Waals surface area contributed by atoms with Crippen LogP contribution in [-0.2, 0) is 9.53 Å². The Labute approximate surface area is 219 Å². The van der Waals surface area contributed by atoms with Crippen LogP contribution in [0.5, 0.6) is 28.7 Å². The van der Waals surface area contributed by atoms with E-state index in [1.54, 1.807) is 54.6 Å². The number of ether oxygens (including phenoxy) is 5. The van der Waals surface area contributed by atoms with Crippen molar-refractivity contribution in [1.29, 1.82) is 0 Å². The first kappa shape index (κ1) is 26.2. The van der Waals surface area contributed by atoms with Crippen molar-refractivity contribution in [2.45, 2.75) is 25.0 Å². The second-order valence-corrected chi connectivity index (χ2v) is 8.24. The average molecular weight is 522 g/mol. The van der Waals surface area contributed by atoms with E-state index in [4.69, 9.17) is 28.8 Å². The lowest BCUT2D eigenvalue weighted by Crippen LogP contribution is -2.31. The van der Waals surface area contributed by atoms with E-state index in [2.05, 4.69) is 5.32 Å². The fourth-order valence-corrected chi connectivity index (χ4v) is 3.87. The molecule has 3 aromatic carbocycles. The first-order chi connectivity index (χ1) is 18.4. The molecule has 0 spiro atoms. The average Bonchev–Trinajstić information content (AvgIpc) is 3.37. The van der Waals surface area contributed by atoms with E-state index in [0.29, 0.717) is 41.3 Å². The summed E-state index contributed by atoms with van der Waals surface area (Å²) in [7, 11) is 1.43. The highest BCUT2D eigenvalue weighted by atomic mass is 16.7. The smallest absolute Gasteiger partial charge is 0.412 e. The maximum absolute atomic E-state index is 13.0. The predicted octanol–water partition coefficient (Wildman–Crippen LogP) is 5.29. The molecule has 0 aromatic heterocycles. The number of anilines is 1. The standard InChI is InChI=1S/C28H27NO9/c1-34-22-13-11-18(15-21(22)30)27(38-28(33)29-19-12-14-23-25(16-19)36-17-35-23)24(9-5-6-10-26(31)32)37-20-7-3-2-4-8-20/h2-4,6-8,10-16,24,27,30H,5,9,17H2,1H3,(H,29,33)(H,31,32)/b10-6+/t24-,27-/m1/s1. The quantitative estimate of drug-likeness (QED) is 0.288. The third-order valence-electron chi connectivity index (χ3n) is 5.63. The Morgan fingerprint density at radius 2 is 1.84 bits per heavy atom. The van der Waals surface area contributed by atoms with Crippen molar-refractivity contribution in [2.24, 2.45) is 0 Å². The van der Waals surface area contributed by atoms with E-state index in [1.807, 2.05) is 6.07 Å². The fourth-order valence-electron chi connectivity index (χ4n) is 3.87. The maximum Gasteiger partial charge on any atom is 0.412 e. The number of amides is 1. The van der Waals surface area contributed by atoms with Crippen LogP contribution < -0.4 is 24.3 Å². The van der Waals surface area contributed by atoms with Crippen molar-refractivity contribution < 1.29 is 43.5 Å². The number of fused-ring (bicyclic) bond motifs is 1. The van der Waals surface area contributed by atoms with Gasteiger partial charge >= 0.3 is 12.1 Å². The van der Waals surface area contributed by atoms with Gasteiger partial charge in [0.25, 0.3) is 0 Å². The zero-order chi connectivity index (χ0) is 26.9. The van der Waals surface area contributed by atoms with Gasteiger partial charge in [0.2, 0.25) is 6.79 Å². The van der Waals surface area contributed by atoms with Crippen LogP contribution in [-0.4, -0.2) is 42.3 Å². The molecular formula is C28H27NO9.